The highest BCUT2D eigenvalue weighted by molar-refractivity contribution is 7.27. The normalized spacial score (nSPS) is 12.8. The highest BCUT2D eigenvalue weighted by Gasteiger charge is 2.24. The molecule has 5 heterocycles. The minimum atomic E-state index is -1.73. The summed E-state index contributed by atoms with van der Waals surface area (Å²) in [5.74, 6) is -3.72. The number of unbranched alkanes of at least 4 members (excludes halogenated alkanes) is 7. The zero-order chi connectivity index (χ0) is 47.7. The number of nitrogens with zero attached hydrogens (tertiary/aromatic N) is 4. The maximum Gasteiger partial charge on any atom is 0.350 e. The third-order valence-electron chi connectivity index (χ3n) is 11.9. The van der Waals surface area contributed by atoms with Crippen LogP contribution in [0.1, 0.15) is 74.3 Å². The molecule has 68 heavy (non-hydrogen) atoms. The lowest BCUT2D eigenvalue weighted by Gasteiger charge is -2.27. The van der Waals surface area contributed by atoms with E-state index in [0.717, 1.165) is 77.5 Å². The molecule has 0 radical (unpaired) electrons. The maximum absolute atomic E-state index is 13.5. The Kier molecular flexibility index (Phi) is 15.2. The molecule has 8 rings (SSSR count). The first-order valence-electron chi connectivity index (χ1n) is 22.7. The second-order valence-electron chi connectivity index (χ2n) is 16.6. The Morgan fingerprint density at radius 1 is 0.676 bits per heavy atom. The summed E-state index contributed by atoms with van der Waals surface area (Å²) in [4.78, 5) is 57.1. The van der Waals surface area contributed by atoms with Crippen LogP contribution in [0.3, 0.4) is 0 Å². The Labute approximate surface area is 405 Å². The molecule has 3 N–H and O–H groups in total. The van der Waals surface area contributed by atoms with E-state index in [1.807, 2.05) is 12.1 Å². The van der Waals surface area contributed by atoms with E-state index in [4.69, 9.17) is 4.74 Å². The summed E-state index contributed by atoms with van der Waals surface area (Å²) in [5, 5.41) is 38.2. The number of carboxylic acids is 3. The van der Waals surface area contributed by atoms with Gasteiger partial charge in [-0.1, -0.05) is 76.1 Å². The van der Waals surface area contributed by atoms with Crippen molar-refractivity contribution in [3.8, 4) is 41.8 Å². The van der Waals surface area contributed by atoms with Gasteiger partial charge in [-0.25, -0.2) is 4.79 Å². The average molecular weight is 967 g/mol. The van der Waals surface area contributed by atoms with Gasteiger partial charge in [0.15, 0.2) is 5.57 Å². The molecule has 3 aromatic carbocycles. The second kappa shape index (κ2) is 21.8. The van der Waals surface area contributed by atoms with Gasteiger partial charge in [-0.2, -0.15) is 5.26 Å². The molecule has 0 atom stereocenters. The standard InChI is InChI=1S/C53H50N4O8S3/c1-2-3-4-5-6-7-8-11-28-65-38-19-17-37(18-20-38)57-41-13-10-9-12-34(41)14-15-35-29-36(16-22-42(35)57)44-24-25-47(67-44)48-27-26-46(68-48)45-23-21-39(66-45)30-43-52(62)56(33-50(60)61)51(40(31-54)53(63)64)55(43)32-49(58)59/h9-10,12-13,16-27,29-30H,2-8,11,14-15,28,32-33H2,1H3,(H,58,59)(H,60,61)(H,63,64). The van der Waals surface area contributed by atoms with Gasteiger partial charge in [-0.3, -0.25) is 19.0 Å². The van der Waals surface area contributed by atoms with Gasteiger partial charge in [0.05, 0.1) is 6.61 Å². The number of thiophene rings is 3. The summed E-state index contributed by atoms with van der Waals surface area (Å²) in [7, 11) is 0. The minimum Gasteiger partial charge on any atom is -0.494 e. The molecular formula is C53H50N4O8S3. The molecule has 0 saturated heterocycles. The Hall–Kier alpha value is -6.99. The fourth-order valence-corrected chi connectivity index (χ4v) is 11.7. The largest absolute Gasteiger partial charge is 0.494 e. The molecule has 0 fully saturated rings. The lowest BCUT2D eigenvalue weighted by molar-refractivity contribution is -0.138. The zero-order valence-electron chi connectivity index (χ0n) is 37.5. The summed E-state index contributed by atoms with van der Waals surface area (Å²) < 4.78 is 7.63. The third kappa shape index (κ3) is 10.7. The smallest absolute Gasteiger partial charge is 0.350 e. The molecule has 12 nitrogen and oxygen atoms in total. The first-order valence-corrected chi connectivity index (χ1v) is 25.1. The van der Waals surface area contributed by atoms with Crippen molar-refractivity contribution in [2.75, 3.05) is 11.5 Å². The van der Waals surface area contributed by atoms with Gasteiger partial charge in [0.25, 0.3) is 5.56 Å². The zero-order valence-corrected chi connectivity index (χ0v) is 39.9. The number of hydrogen-bond donors (Lipinski definition) is 3. The minimum absolute atomic E-state index is 0.261. The van der Waals surface area contributed by atoms with Crippen LogP contribution in [0.15, 0.2) is 108 Å². The Morgan fingerprint density at radius 3 is 1.94 bits per heavy atom. The fourth-order valence-electron chi connectivity index (χ4n) is 8.61. The van der Waals surface area contributed by atoms with Gasteiger partial charge in [-0.15, -0.1) is 34.0 Å². The quantitative estimate of drug-likeness (QED) is 0.0624. The van der Waals surface area contributed by atoms with Gasteiger partial charge in [0.1, 0.15) is 35.7 Å². The number of rotatable bonds is 20. The van der Waals surface area contributed by atoms with Gasteiger partial charge in [0, 0.05) is 46.3 Å². The number of imidazole rings is 1. The molecule has 0 aliphatic carbocycles. The number of anilines is 3. The molecule has 0 saturated carbocycles. The Balaban J connectivity index is 1.01. The molecule has 7 aromatic rings. The van der Waals surface area contributed by atoms with E-state index in [9.17, 15) is 39.8 Å². The first-order chi connectivity index (χ1) is 33.0. The van der Waals surface area contributed by atoms with Crippen molar-refractivity contribution in [3.63, 3.8) is 0 Å². The molecule has 0 amide bonds. The van der Waals surface area contributed by atoms with Crippen LogP contribution in [-0.4, -0.2) is 49.0 Å². The highest BCUT2D eigenvalue weighted by Crippen LogP contribution is 2.45. The van der Waals surface area contributed by atoms with E-state index in [2.05, 4.69) is 96.8 Å². The third-order valence-corrected chi connectivity index (χ3v) is 15.5. The van der Waals surface area contributed by atoms with Crippen LogP contribution >= 0.6 is 34.0 Å². The number of benzene rings is 3. The van der Waals surface area contributed by atoms with Crippen molar-refractivity contribution >= 4 is 80.6 Å². The van der Waals surface area contributed by atoms with Crippen molar-refractivity contribution in [2.45, 2.75) is 84.2 Å². The van der Waals surface area contributed by atoms with Crippen molar-refractivity contribution in [3.05, 3.63) is 140 Å². The summed E-state index contributed by atoms with van der Waals surface area (Å²) in [5.41, 5.74) is 4.64. The van der Waals surface area contributed by atoms with E-state index in [0.29, 0.717) is 9.44 Å². The van der Waals surface area contributed by atoms with Crippen molar-refractivity contribution in [1.82, 2.24) is 9.13 Å². The number of aromatic nitrogens is 2. The summed E-state index contributed by atoms with van der Waals surface area (Å²) in [6.45, 7) is 1.13. The summed E-state index contributed by atoms with van der Waals surface area (Å²) in [6, 6.07) is 37.3. The van der Waals surface area contributed by atoms with E-state index in [1.165, 1.54) is 85.2 Å². The molecule has 0 bridgehead atoms. The number of ether oxygens (including phenoxy) is 1. The molecule has 15 heteroatoms. The van der Waals surface area contributed by atoms with Gasteiger partial charge >= 0.3 is 17.9 Å². The molecule has 0 unspecified atom stereocenters. The lowest BCUT2D eigenvalue weighted by atomic mass is 10.0. The van der Waals surface area contributed by atoms with E-state index >= 15 is 0 Å². The highest BCUT2D eigenvalue weighted by atomic mass is 32.1. The molecule has 348 valence electrons. The van der Waals surface area contributed by atoms with Crippen molar-refractivity contribution < 1.29 is 34.4 Å². The molecule has 1 aliphatic rings. The summed E-state index contributed by atoms with van der Waals surface area (Å²) >= 11 is 4.65. The fraction of sp³-hybridized carbons (Fsp3) is 0.264. The van der Waals surface area contributed by atoms with Crippen LogP contribution in [0.4, 0.5) is 17.1 Å². The van der Waals surface area contributed by atoms with Crippen LogP contribution in [0.25, 0.3) is 41.6 Å². The van der Waals surface area contributed by atoms with Crippen LogP contribution in [0, 0.1) is 11.3 Å². The van der Waals surface area contributed by atoms with Gasteiger partial charge in [0.2, 0.25) is 0 Å². The number of carboxylic acid groups (broad SMARTS) is 3. The van der Waals surface area contributed by atoms with Crippen LogP contribution < -0.4 is 26.0 Å². The monoisotopic (exact) mass is 966 g/mol. The van der Waals surface area contributed by atoms with Gasteiger partial charge < -0.3 is 29.5 Å². The van der Waals surface area contributed by atoms with Crippen LogP contribution in [0.2, 0.25) is 0 Å². The number of aliphatic carboxylic acids is 3. The number of nitriles is 1. The van der Waals surface area contributed by atoms with E-state index in [-0.39, 0.29) is 5.35 Å². The van der Waals surface area contributed by atoms with E-state index < -0.39 is 47.6 Å². The number of carbonyl (C=O) groups is 3. The topological polar surface area (TPSA) is 175 Å². The van der Waals surface area contributed by atoms with E-state index in [1.54, 1.807) is 28.7 Å². The maximum atomic E-state index is 13.5. The Morgan fingerprint density at radius 2 is 1.26 bits per heavy atom. The number of aryl methyl sites for hydroxylation is 2. The molecule has 1 aliphatic heterocycles. The second-order valence-corrected chi connectivity index (χ2v) is 19.8. The van der Waals surface area contributed by atoms with Crippen LogP contribution in [-0.2, 0) is 40.3 Å². The molecule has 4 aromatic heterocycles. The Bertz CT molecular complexity index is 3200. The number of para-hydroxylation sites is 1. The number of hydrogen-bond acceptors (Lipinski definition) is 10. The first kappa shape index (κ1) is 47.5. The molecule has 0 spiro atoms. The molecular weight excluding hydrogens is 917 g/mol. The number of fused-ring (bicyclic) bond motifs is 2. The van der Waals surface area contributed by atoms with Crippen molar-refractivity contribution in [1.29, 1.82) is 5.26 Å². The van der Waals surface area contributed by atoms with Crippen LogP contribution in [0.5, 0.6) is 5.75 Å². The average Bonchev–Trinajstić information content (AvgIpc) is 4.14. The van der Waals surface area contributed by atoms with Gasteiger partial charge in [-0.05, 0) is 121 Å². The predicted octanol–water partition coefficient (Wildman–Crippen LogP) is 10.7. The lowest BCUT2D eigenvalue weighted by Crippen LogP contribution is -2.37. The summed E-state index contributed by atoms with van der Waals surface area (Å²) in [6.07, 6.45) is 13.3. The van der Waals surface area contributed by atoms with Crippen molar-refractivity contribution in [2.24, 2.45) is 0 Å². The predicted molar refractivity (Wildman–Crippen MR) is 270 cm³/mol. The SMILES string of the molecule is CCCCCCCCCCOc1ccc(N2c3ccccc3CCc3cc(-c4ccc(-c5ccc(-c6ccc(C=c7c(=O)n(CC(=O)O)c(=C(C#N)C(=O)O)n7CC(=O)O)s6)s5)s4)ccc32)cc1.